The molecule has 0 N–H and O–H groups in total. The monoisotopic (exact) mass is 515 g/mol. The minimum Gasteiger partial charge on any atom is -0.324 e. The van der Waals surface area contributed by atoms with E-state index in [0.29, 0.717) is 28.8 Å². The highest BCUT2D eigenvalue weighted by Gasteiger charge is 2.28. The number of nitrogens with zero attached hydrogens (tertiary/aromatic N) is 3. The van der Waals surface area contributed by atoms with E-state index < -0.39 is 6.04 Å². The van der Waals surface area contributed by atoms with Gasteiger partial charge >= 0.3 is 0 Å². The van der Waals surface area contributed by atoms with Gasteiger partial charge in [0.25, 0.3) is 11.5 Å². The van der Waals surface area contributed by atoms with Gasteiger partial charge in [-0.2, -0.15) is 0 Å². The molecule has 0 aliphatic carbocycles. The van der Waals surface area contributed by atoms with Crippen molar-refractivity contribution in [3.05, 3.63) is 141 Å². The Balaban J connectivity index is 1.69. The molecule has 1 heterocycles. The highest BCUT2D eigenvalue weighted by Crippen LogP contribution is 2.27. The molecule has 0 aliphatic rings. The van der Waals surface area contributed by atoms with Crippen LogP contribution in [0.4, 0.5) is 0 Å². The summed E-state index contributed by atoms with van der Waals surface area (Å²) < 4.78 is 1.67. The molecule has 5 heteroatoms. The number of hydrogen-bond acceptors (Lipinski definition) is 3. The molecule has 1 unspecified atom stereocenters. The van der Waals surface area contributed by atoms with Crippen LogP contribution in [0, 0.1) is 13.8 Å². The number of carbonyl (C=O) groups excluding carboxylic acids is 1. The predicted molar refractivity (Wildman–Crippen MR) is 157 cm³/mol. The number of carbonyl (C=O) groups is 1. The normalized spacial score (nSPS) is 11.9. The summed E-state index contributed by atoms with van der Waals surface area (Å²) in [5.41, 5.74) is 6.22. The van der Waals surface area contributed by atoms with Gasteiger partial charge in [0.2, 0.25) is 0 Å². The lowest BCUT2D eigenvalue weighted by atomic mass is 10.1. The smallest absolute Gasteiger partial charge is 0.266 e. The zero-order chi connectivity index (χ0) is 27.5. The summed E-state index contributed by atoms with van der Waals surface area (Å²) in [5.74, 6) is 0.416. The van der Waals surface area contributed by atoms with Crippen LogP contribution in [-0.2, 0) is 13.0 Å². The van der Waals surface area contributed by atoms with Crippen molar-refractivity contribution in [2.24, 2.45) is 0 Å². The van der Waals surface area contributed by atoms with Gasteiger partial charge in [-0.05, 0) is 85.8 Å². The number of rotatable bonds is 7. The summed E-state index contributed by atoms with van der Waals surface area (Å²) in [7, 11) is 0. The van der Waals surface area contributed by atoms with Crippen molar-refractivity contribution in [2.45, 2.75) is 46.7 Å². The van der Waals surface area contributed by atoms with E-state index in [4.69, 9.17) is 4.98 Å². The molecule has 196 valence electrons. The van der Waals surface area contributed by atoms with Crippen molar-refractivity contribution in [3.63, 3.8) is 0 Å². The van der Waals surface area contributed by atoms with Gasteiger partial charge in [-0.1, -0.05) is 67.6 Å². The molecule has 1 amide bonds. The molecular weight excluding hydrogens is 482 g/mol. The van der Waals surface area contributed by atoms with Crippen LogP contribution < -0.4 is 5.56 Å². The zero-order valence-electron chi connectivity index (χ0n) is 22.9. The Labute approximate surface area is 229 Å². The number of hydrogen-bond donors (Lipinski definition) is 0. The first-order valence-electron chi connectivity index (χ1n) is 13.4. The molecular formula is C34H33N3O2. The quantitative estimate of drug-likeness (QED) is 0.235. The highest BCUT2D eigenvalue weighted by atomic mass is 16.2. The lowest BCUT2D eigenvalue weighted by molar-refractivity contribution is 0.0664. The number of aromatic nitrogens is 2. The summed E-state index contributed by atoms with van der Waals surface area (Å²) >= 11 is 0. The third-order valence-electron chi connectivity index (χ3n) is 7.46. The van der Waals surface area contributed by atoms with E-state index in [1.165, 1.54) is 5.56 Å². The summed E-state index contributed by atoms with van der Waals surface area (Å²) in [5, 5.41) is 0.544. The second-order valence-electron chi connectivity index (χ2n) is 10.0. The van der Waals surface area contributed by atoms with Crippen molar-refractivity contribution < 1.29 is 4.79 Å². The first-order chi connectivity index (χ1) is 18.9. The van der Waals surface area contributed by atoms with Crippen LogP contribution in [0.2, 0.25) is 0 Å². The van der Waals surface area contributed by atoms with Gasteiger partial charge in [-0.25, -0.2) is 4.98 Å². The molecule has 39 heavy (non-hydrogen) atoms. The fourth-order valence-electron chi connectivity index (χ4n) is 4.90. The summed E-state index contributed by atoms with van der Waals surface area (Å²) in [6.07, 6.45) is 0.905. The van der Waals surface area contributed by atoms with Gasteiger partial charge < -0.3 is 4.90 Å². The maximum absolute atomic E-state index is 14.1. The molecule has 0 radical (unpaired) electrons. The second-order valence-corrected chi connectivity index (χ2v) is 10.0. The third-order valence-corrected chi connectivity index (χ3v) is 7.46. The Morgan fingerprint density at radius 1 is 0.846 bits per heavy atom. The minimum absolute atomic E-state index is 0.108. The van der Waals surface area contributed by atoms with E-state index in [-0.39, 0.29) is 11.5 Å². The van der Waals surface area contributed by atoms with Crippen LogP contribution in [0.1, 0.15) is 58.3 Å². The van der Waals surface area contributed by atoms with E-state index in [0.717, 1.165) is 28.8 Å². The molecule has 0 saturated heterocycles. The van der Waals surface area contributed by atoms with E-state index in [2.05, 4.69) is 6.92 Å². The molecule has 1 atom stereocenters. The predicted octanol–water partition coefficient (Wildman–Crippen LogP) is 6.97. The number of benzene rings is 4. The maximum atomic E-state index is 14.1. The molecule has 0 spiro atoms. The molecule has 5 aromatic rings. The Morgan fingerprint density at radius 3 is 2.23 bits per heavy atom. The average Bonchev–Trinajstić information content (AvgIpc) is 2.97. The lowest BCUT2D eigenvalue weighted by Crippen LogP contribution is -2.37. The first-order valence-corrected chi connectivity index (χ1v) is 13.4. The van der Waals surface area contributed by atoms with E-state index >= 15 is 0 Å². The average molecular weight is 516 g/mol. The van der Waals surface area contributed by atoms with E-state index in [1.54, 1.807) is 10.6 Å². The molecule has 0 fully saturated rings. The molecule has 0 saturated carbocycles. The molecule has 5 rings (SSSR count). The van der Waals surface area contributed by atoms with Crippen molar-refractivity contribution >= 4 is 16.8 Å². The third kappa shape index (κ3) is 5.26. The van der Waals surface area contributed by atoms with E-state index in [9.17, 15) is 9.59 Å². The SMILES string of the molecule is CCc1ccc(C(=O)N(Cc2ccccc2)C(C)c2nc3ccccc3c(=O)n2-c2ccc(C)c(C)c2)cc1. The van der Waals surface area contributed by atoms with Crippen LogP contribution in [0.15, 0.2) is 102 Å². The van der Waals surface area contributed by atoms with Gasteiger partial charge in [-0.15, -0.1) is 0 Å². The number of fused-ring (bicyclic) bond motifs is 1. The zero-order valence-corrected chi connectivity index (χ0v) is 22.9. The fraction of sp³-hybridized carbons (Fsp3) is 0.206. The van der Waals surface area contributed by atoms with Gasteiger partial charge in [0.15, 0.2) is 0 Å². The van der Waals surface area contributed by atoms with Crippen LogP contribution in [0.5, 0.6) is 0 Å². The van der Waals surface area contributed by atoms with Crippen molar-refractivity contribution in [1.29, 1.82) is 0 Å². The largest absolute Gasteiger partial charge is 0.324 e. The topological polar surface area (TPSA) is 55.2 Å². The van der Waals surface area contributed by atoms with Gasteiger partial charge in [0.1, 0.15) is 5.82 Å². The van der Waals surface area contributed by atoms with Crippen LogP contribution in [0.25, 0.3) is 16.6 Å². The first kappa shape index (κ1) is 26.1. The Kier molecular flexibility index (Phi) is 7.42. The van der Waals surface area contributed by atoms with Crippen molar-refractivity contribution in [3.8, 4) is 5.69 Å². The summed E-state index contributed by atoms with van der Waals surface area (Å²) in [6.45, 7) is 8.51. The number of amides is 1. The van der Waals surface area contributed by atoms with Crippen LogP contribution in [-0.4, -0.2) is 20.4 Å². The molecule has 0 aliphatic heterocycles. The van der Waals surface area contributed by atoms with Crippen LogP contribution in [0.3, 0.4) is 0 Å². The lowest BCUT2D eigenvalue weighted by Gasteiger charge is -2.31. The minimum atomic E-state index is -0.498. The standard InChI is InChI=1S/C34H33N3O2/c1-5-26-16-18-28(19-17-26)33(38)36(22-27-11-7-6-8-12-27)25(4)32-35-31-14-10-9-13-30(31)34(39)37(32)29-20-15-23(2)24(3)21-29/h6-21,25H,5,22H2,1-4H3. The highest BCUT2D eigenvalue weighted by molar-refractivity contribution is 5.94. The summed E-state index contributed by atoms with van der Waals surface area (Å²) in [6, 6.07) is 30.6. The van der Waals surface area contributed by atoms with Crippen LogP contribution >= 0.6 is 0 Å². The number of para-hydroxylation sites is 1. The van der Waals surface area contributed by atoms with Gasteiger partial charge in [0, 0.05) is 12.1 Å². The van der Waals surface area contributed by atoms with Crippen molar-refractivity contribution in [2.75, 3.05) is 0 Å². The molecule has 4 aromatic carbocycles. The van der Waals surface area contributed by atoms with Crippen molar-refractivity contribution in [1.82, 2.24) is 14.5 Å². The second kappa shape index (κ2) is 11.1. The van der Waals surface area contributed by atoms with Gasteiger partial charge in [0.05, 0.1) is 22.6 Å². The Morgan fingerprint density at radius 2 is 1.54 bits per heavy atom. The molecule has 1 aromatic heterocycles. The van der Waals surface area contributed by atoms with Gasteiger partial charge in [-0.3, -0.25) is 14.2 Å². The summed E-state index contributed by atoms with van der Waals surface area (Å²) in [4.78, 5) is 34.8. The Bertz CT molecular complexity index is 1690. The fourth-order valence-corrected chi connectivity index (χ4v) is 4.90. The molecule has 5 nitrogen and oxygen atoms in total. The number of aryl methyl sites for hydroxylation is 3. The molecule has 0 bridgehead atoms. The maximum Gasteiger partial charge on any atom is 0.266 e. The Hall–Kier alpha value is -4.51. The van der Waals surface area contributed by atoms with E-state index in [1.807, 2.05) is 117 Å².